The van der Waals surface area contributed by atoms with Crippen LogP contribution in [0.2, 0.25) is 0 Å². The molecule has 1 aromatic carbocycles. The van der Waals surface area contributed by atoms with Gasteiger partial charge < -0.3 is 5.32 Å². The molecule has 26 heavy (non-hydrogen) atoms. The zero-order chi connectivity index (χ0) is 18.7. The summed E-state index contributed by atoms with van der Waals surface area (Å²) in [6, 6.07) is 4.96. The molecule has 1 saturated heterocycles. The molecule has 1 aromatic rings. The van der Waals surface area contributed by atoms with Crippen LogP contribution in [0, 0.1) is 5.92 Å². The number of halogens is 1. The van der Waals surface area contributed by atoms with E-state index in [1.807, 2.05) is 0 Å². The Hall–Kier alpha value is -2.06. The predicted molar refractivity (Wildman–Crippen MR) is 97.5 cm³/mol. The average Bonchev–Trinajstić information content (AvgIpc) is 2.86. The lowest BCUT2D eigenvalue weighted by Gasteiger charge is -2.21. The summed E-state index contributed by atoms with van der Waals surface area (Å²) >= 11 is 3.29. The van der Waals surface area contributed by atoms with Gasteiger partial charge in [0.1, 0.15) is 0 Å². The largest absolute Gasteiger partial charge is 0.317 e. The summed E-state index contributed by atoms with van der Waals surface area (Å²) in [4.78, 5) is 49.8. The lowest BCUT2D eigenvalue weighted by atomic mass is 9.97. The van der Waals surface area contributed by atoms with E-state index in [4.69, 9.17) is 0 Å². The fourth-order valence-corrected chi connectivity index (χ4v) is 3.61. The molecule has 0 aromatic heterocycles. The number of carbonyl (C=O) groups is 4. The maximum absolute atomic E-state index is 12.3. The Morgan fingerprint density at radius 1 is 1.15 bits per heavy atom. The van der Waals surface area contributed by atoms with Crippen molar-refractivity contribution in [2.45, 2.75) is 25.7 Å². The molecule has 0 unspecified atom stereocenters. The van der Waals surface area contributed by atoms with Gasteiger partial charge in [0.15, 0.2) is 0 Å². The number of hydrogen-bond acceptors (Lipinski definition) is 5. The number of imide groups is 2. The Balaban J connectivity index is 1.47. The van der Waals surface area contributed by atoms with Gasteiger partial charge in [-0.05, 0) is 50.6 Å². The normalized spacial score (nSPS) is 17.3. The average molecular weight is 422 g/mol. The molecule has 3 rings (SSSR count). The van der Waals surface area contributed by atoms with E-state index in [0.717, 1.165) is 35.3 Å². The number of nitrogens with one attached hydrogen (secondary N) is 2. The lowest BCUT2D eigenvalue weighted by molar-refractivity contribution is -0.133. The predicted octanol–water partition coefficient (Wildman–Crippen LogP) is 1.47. The summed E-state index contributed by atoms with van der Waals surface area (Å²) in [6.45, 7) is 1.71. The molecule has 2 aliphatic rings. The molecule has 4 amide bonds. The monoisotopic (exact) mass is 421 g/mol. The van der Waals surface area contributed by atoms with E-state index < -0.39 is 0 Å². The van der Waals surface area contributed by atoms with E-state index in [0.29, 0.717) is 17.5 Å². The summed E-state index contributed by atoms with van der Waals surface area (Å²) in [7, 11) is 0. The van der Waals surface area contributed by atoms with Crippen molar-refractivity contribution >= 4 is 39.6 Å². The molecule has 8 heteroatoms. The summed E-state index contributed by atoms with van der Waals surface area (Å²) in [6.07, 6.45) is 1.86. The van der Waals surface area contributed by atoms with E-state index in [1.54, 1.807) is 18.2 Å². The Kier molecular flexibility index (Phi) is 5.83. The highest BCUT2D eigenvalue weighted by atomic mass is 79.9. The Morgan fingerprint density at radius 2 is 1.85 bits per heavy atom. The minimum Gasteiger partial charge on any atom is -0.317 e. The van der Waals surface area contributed by atoms with Crippen molar-refractivity contribution in [3.8, 4) is 0 Å². The van der Waals surface area contributed by atoms with Crippen molar-refractivity contribution in [3.63, 3.8) is 0 Å². The van der Waals surface area contributed by atoms with Gasteiger partial charge in [-0.15, -0.1) is 0 Å². The number of piperidine rings is 1. The van der Waals surface area contributed by atoms with Crippen LogP contribution >= 0.6 is 15.9 Å². The van der Waals surface area contributed by atoms with Gasteiger partial charge in [-0.2, -0.15) is 0 Å². The summed E-state index contributed by atoms with van der Waals surface area (Å²) in [5.41, 5.74) is 0.749. The fourth-order valence-electron chi connectivity index (χ4n) is 3.25. The van der Waals surface area contributed by atoms with Gasteiger partial charge in [0.25, 0.3) is 11.8 Å². The number of nitrogens with zero attached hydrogens (tertiary/aromatic N) is 1. The molecule has 138 valence electrons. The zero-order valence-corrected chi connectivity index (χ0v) is 15.8. The van der Waals surface area contributed by atoms with Gasteiger partial charge in [0.05, 0.1) is 11.1 Å². The maximum Gasteiger partial charge on any atom is 0.261 e. The number of benzene rings is 1. The SMILES string of the molecule is O=C(CCCN1C(=O)c2ccc(Br)cc2C1=O)NC(=O)C1CCNCC1. The van der Waals surface area contributed by atoms with Gasteiger partial charge in [-0.25, -0.2) is 0 Å². The molecule has 0 radical (unpaired) electrons. The second-order valence-corrected chi connectivity index (χ2v) is 7.41. The number of fused-ring (bicyclic) bond motifs is 1. The Labute approximate surface area is 159 Å². The van der Waals surface area contributed by atoms with Gasteiger partial charge in [-0.3, -0.25) is 29.4 Å². The molecule has 0 atom stereocenters. The highest BCUT2D eigenvalue weighted by Gasteiger charge is 2.35. The van der Waals surface area contributed by atoms with E-state index in [-0.39, 0.29) is 42.5 Å². The third-order valence-electron chi connectivity index (χ3n) is 4.69. The van der Waals surface area contributed by atoms with Crippen LogP contribution in [0.15, 0.2) is 22.7 Å². The fraction of sp³-hybridized carbons (Fsp3) is 0.444. The molecule has 0 saturated carbocycles. The zero-order valence-electron chi connectivity index (χ0n) is 14.2. The quantitative estimate of drug-likeness (QED) is 0.701. The summed E-state index contributed by atoms with van der Waals surface area (Å²) < 4.78 is 0.732. The first-order valence-electron chi connectivity index (χ1n) is 8.67. The number of amides is 4. The van der Waals surface area contributed by atoms with Crippen LogP contribution in [0.3, 0.4) is 0 Å². The number of carbonyl (C=O) groups excluding carboxylic acids is 4. The van der Waals surface area contributed by atoms with Gasteiger partial charge >= 0.3 is 0 Å². The molecular weight excluding hydrogens is 402 g/mol. The molecular formula is C18H20BrN3O4. The van der Waals surface area contributed by atoms with Gasteiger partial charge in [0, 0.05) is 23.4 Å². The van der Waals surface area contributed by atoms with E-state index in [2.05, 4.69) is 26.6 Å². The van der Waals surface area contributed by atoms with Crippen molar-refractivity contribution < 1.29 is 19.2 Å². The number of hydrogen-bond donors (Lipinski definition) is 2. The van der Waals surface area contributed by atoms with Crippen molar-refractivity contribution in [3.05, 3.63) is 33.8 Å². The minimum atomic E-state index is -0.368. The lowest BCUT2D eigenvalue weighted by Crippen LogP contribution is -2.41. The first-order chi connectivity index (χ1) is 12.5. The van der Waals surface area contributed by atoms with Crippen LogP contribution in [0.4, 0.5) is 0 Å². The van der Waals surface area contributed by atoms with Crippen LogP contribution in [0.5, 0.6) is 0 Å². The third-order valence-corrected chi connectivity index (χ3v) is 5.18. The van der Waals surface area contributed by atoms with Gasteiger partial charge in [-0.1, -0.05) is 15.9 Å². The van der Waals surface area contributed by atoms with Crippen molar-refractivity contribution in [2.24, 2.45) is 5.92 Å². The molecule has 2 heterocycles. The van der Waals surface area contributed by atoms with E-state index >= 15 is 0 Å². The number of rotatable bonds is 5. The van der Waals surface area contributed by atoms with Crippen LogP contribution < -0.4 is 10.6 Å². The third kappa shape index (κ3) is 4.02. The first kappa shape index (κ1) is 18.7. The summed E-state index contributed by atoms with van der Waals surface area (Å²) in [5, 5.41) is 5.59. The molecule has 0 spiro atoms. The van der Waals surface area contributed by atoms with E-state index in [1.165, 1.54) is 0 Å². The highest BCUT2D eigenvalue weighted by molar-refractivity contribution is 9.10. The first-order valence-corrected chi connectivity index (χ1v) is 9.47. The van der Waals surface area contributed by atoms with Gasteiger partial charge in [0.2, 0.25) is 11.8 Å². The molecule has 2 N–H and O–H groups in total. The molecule has 0 aliphatic carbocycles. The van der Waals surface area contributed by atoms with Crippen molar-refractivity contribution in [1.82, 2.24) is 15.5 Å². The van der Waals surface area contributed by atoms with Crippen LogP contribution in [-0.4, -0.2) is 48.2 Å². The van der Waals surface area contributed by atoms with Crippen molar-refractivity contribution in [2.75, 3.05) is 19.6 Å². The highest BCUT2D eigenvalue weighted by Crippen LogP contribution is 2.26. The van der Waals surface area contributed by atoms with Crippen LogP contribution in [-0.2, 0) is 9.59 Å². The minimum absolute atomic E-state index is 0.0911. The smallest absolute Gasteiger partial charge is 0.261 e. The van der Waals surface area contributed by atoms with Crippen molar-refractivity contribution in [1.29, 1.82) is 0 Å². The Bertz CT molecular complexity index is 759. The Morgan fingerprint density at radius 3 is 2.58 bits per heavy atom. The molecule has 0 bridgehead atoms. The second-order valence-electron chi connectivity index (χ2n) is 6.49. The van der Waals surface area contributed by atoms with E-state index in [9.17, 15) is 19.2 Å². The van der Waals surface area contributed by atoms with Crippen LogP contribution in [0.25, 0.3) is 0 Å². The summed E-state index contributed by atoms with van der Waals surface area (Å²) in [5.74, 6) is -1.42. The second kappa shape index (κ2) is 8.09. The standard InChI is InChI=1S/C18H20BrN3O4/c19-12-3-4-13-14(10-12)18(26)22(17(13)25)9-1-2-15(23)21-16(24)11-5-7-20-8-6-11/h3-4,10-11,20H,1-2,5-9H2,(H,21,23,24). The molecule has 2 aliphatic heterocycles. The molecule has 1 fully saturated rings. The molecule has 7 nitrogen and oxygen atoms in total. The maximum atomic E-state index is 12.3. The topological polar surface area (TPSA) is 95.6 Å². The van der Waals surface area contributed by atoms with Crippen LogP contribution in [0.1, 0.15) is 46.4 Å².